The van der Waals surface area contributed by atoms with Crippen LogP contribution in [0.4, 0.5) is 0 Å². The number of hydrogen-bond donors (Lipinski definition) is 0. The van der Waals surface area contributed by atoms with Gasteiger partial charge < -0.3 is 0 Å². The molecule has 0 N–H and O–H groups in total. The molecular formula is C58H36N4. The van der Waals surface area contributed by atoms with Gasteiger partial charge in [-0.2, -0.15) is 9.97 Å². The highest BCUT2D eigenvalue weighted by atomic mass is 15.2. The Bertz CT molecular complexity index is 3440. The SMILES string of the molecule is c1ccc(-c2cccc(-c3nc(-c4cccc(-c5ccccc5)c4)nc(-n4c5ccccc5c5c6c(ccc54)C4(c5ccccc5-c5ccccc54)c4ccccc4-6)n3)c2)cc1. The molecule has 13 rings (SSSR count). The normalized spacial score (nSPS) is 13.0. The van der Waals surface area contributed by atoms with Gasteiger partial charge in [0.2, 0.25) is 5.95 Å². The van der Waals surface area contributed by atoms with Crippen molar-refractivity contribution in [3.8, 4) is 73.2 Å². The second-order valence-corrected chi connectivity index (χ2v) is 16.3. The van der Waals surface area contributed by atoms with E-state index in [1.165, 1.54) is 49.9 Å². The van der Waals surface area contributed by atoms with Gasteiger partial charge in [-0.3, -0.25) is 4.57 Å². The largest absolute Gasteiger partial charge is 0.278 e. The quantitative estimate of drug-likeness (QED) is 0.174. The number of rotatable bonds is 5. The molecule has 2 heterocycles. The first-order valence-electron chi connectivity index (χ1n) is 21.2. The van der Waals surface area contributed by atoms with Crippen LogP contribution >= 0.6 is 0 Å². The Hall–Kier alpha value is -8.21. The molecule has 0 fully saturated rings. The van der Waals surface area contributed by atoms with Crippen LogP contribution in [-0.4, -0.2) is 19.5 Å². The summed E-state index contributed by atoms with van der Waals surface area (Å²) < 4.78 is 2.26. The Morgan fingerprint density at radius 1 is 0.323 bits per heavy atom. The molecule has 0 aliphatic heterocycles. The van der Waals surface area contributed by atoms with E-state index in [1.54, 1.807) is 0 Å². The van der Waals surface area contributed by atoms with Crippen LogP contribution in [0.15, 0.2) is 218 Å². The van der Waals surface area contributed by atoms with Crippen molar-refractivity contribution in [3.63, 3.8) is 0 Å². The van der Waals surface area contributed by atoms with E-state index in [-0.39, 0.29) is 0 Å². The Morgan fingerprint density at radius 3 is 1.39 bits per heavy atom. The summed E-state index contributed by atoms with van der Waals surface area (Å²) >= 11 is 0. The topological polar surface area (TPSA) is 43.6 Å². The molecule has 9 aromatic carbocycles. The van der Waals surface area contributed by atoms with Crippen molar-refractivity contribution in [2.24, 2.45) is 0 Å². The van der Waals surface area contributed by atoms with Crippen molar-refractivity contribution < 1.29 is 0 Å². The maximum atomic E-state index is 5.40. The fourth-order valence-corrected chi connectivity index (χ4v) is 10.5. The predicted molar refractivity (Wildman–Crippen MR) is 252 cm³/mol. The standard InChI is InChI=1S/C58H36N4/c1-3-17-37(18-4-1)39-21-15-23-41(35-39)55-59-56(42-24-16-22-40(36-42)38-19-5-2-6-20-38)61-57(60-55)62-51-32-14-10-28-46(51)54-52(62)34-33-50-53(54)45-27-9-13-31-49(45)58(50)47-29-11-7-25-43(47)44-26-8-12-30-48(44)58/h1-36H. The zero-order valence-electron chi connectivity index (χ0n) is 33.6. The van der Waals surface area contributed by atoms with Crippen molar-refractivity contribution in [2.75, 3.05) is 0 Å². The number of fused-ring (bicyclic) bond motifs is 14. The average Bonchev–Trinajstić information content (AvgIpc) is 3.96. The monoisotopic (exact) mass is 788 g/mol. The van der Waals surface area contributed by atoms with Crippen LogP contribution in [-0.2, 0) is 5.41 Å². The maximum absolute atomic E-state index is 5.40. The molecule has 0 bridgehead atoms. The van der Waals surface area contributed by atoms with Crippen LogP contribution < -0.4 is 0 Å². The van der Waals surface area contributed by atoms with Gasteiger partial charge in [0.25, 0.3) is 0 Å². The molecule has 11 aromatic rings. The van der Waals surface area contributed by atoms with E-state index in [9.17, 15) is 0 Å². The lowest BCUT2D eigenvalue weighted by Crippen LogP contribution is -2.25. The van der Waals surface area contributed by atoms with E-state index in [0.29, 0.717) is 17.6 Å². The molecule has 0 unspecified atom stereocenters. The molecule has 0 saturated heterocycles. The fraction of sp³-hybridized carbons (Fsp3) is 0.0172. The molecule has 62 heavy (non-hydrogen) atoms. The lowest BCUT2D eigenvalue weighted by atomic mass is 9.70. The number of nitrogens with zero attached hydrogens (tertiary/aromatic N) is 4. The van der Waals surface area contributed by atoms with E-state index < -0.39 is 5.41 Å². The van der Waals surface area contributed by atoms with Gasteiger partial charge in [-0.25, -0.2) is 4.98 Å². The van der Waals surface area contributed by atoms with Crippen molar-refractivity contribution >= 4 is 21.8 Å². The molecule has 0 amide bonds. The minimum absolute atomic E-state index is 0.447. The Balaban J connectivity index is 1.09. The van der Waals surface area contributed by atoms with Crippen LogP contribution in [0.25, 0.3) is 95.0 Å². The summed E-state index contributed by atoms with van der Waals surface area (Å²) in [7, 11) is 0. The van der Waals surface area contributed by atoms with Gasteiger partial charge >= 0.3 is 0 Å². The van der Waals surface area contributed by atoms with Crippen LogP contribution in [0.5, 0.6) is 0 Å². The first-order valence-corrected chi connectivity index (χ1v) is 21.2. The van der Waals surface area contributed by atoms with Gasteiger partial charge in [0, 0.05) is 21.9 Å². The number of para-hydroxylation sites is 1. The smallest absolute Gasteiger partial charge is 0.238 e. The summed E-state index contributed by atoms with van der Waals surface area (Å²) in [5, 5.41) is 2.36. The van der Waals surface area contributed by atoms with E-state index in [0.717, 1.165) is 49.8 Å². The third-order valence-electron chi connectivity index (χ3n) is 13.1. The molecule has 4 heteroatoms. The molecule has 0 radical (unpaired) electrons. The summed E-state index contributed by atoms with van der Waals surface area (Å²) in [6, 6.07) is 78.4. The van der Waals surface area contributed by atoms with Crippen molar-refractivity contribution in [2.45, 2.75) is 5.41 Å². The molecule has 2 aliphatic carbocycles. The second kappa shape index (κ2) is 13.4. The molecule has 2 aliphatic rings. The van der Waals surface area contributed by atoms with Gasteiger partial charge in [0.15, 0.2) is 11.6 Å². The lowest BCUT2D eigenvalue weighted by Gasteiger charge is -2.30. The number of benzene rings is 9. The van der Waals surface area contributed by atoms with E-state index in [1.807, 2.05) is 12.1 Å². The highest BCUT2D eigenvalue weighted by molar-refractivity contribution is 6.18. The molecule has 0 atom stereocenters. The summed E-state index contributed by atoms with van der Waals surface area (Å²) in [4.78, 5) is 16.0. The molecule has 2 aromatic heterocycles. The van der Waals surface area contributed by atoms with Crippen molar-refractivity contribution in [1.29, 1.82) is 0 Å². The summed E-state index contributed by atoms with van der Waals surface area (Å²) in [6.07, 6.45) is 0. The van der Waals surface area contributed by atoms with Crippen LogP contribution in [0.3, 0.4) is 0 Å². The lowest BCUT2D eigenvalue weighted by molar-refractivity contribution is 0.794. The first kappa shape index (κ1) is 34.6. The van der Waals surface area contributed by atoms with Crippen LogP contribution in [0, 0.1) is 0 Å². The van der Waals surface area contributed by atoms with Crippen molar-refractivity contribution in [1.82, 2.24) is 19.5 Å². The summed E-state index contributed by atoms with van der Waals surface area (Å²) in [6.45, 7) is 0. The highest BCUT2D eigenvalue weighted by Gasteiger charge is 2.52. The van der Waals surface area contributed by atoms with E-state index in [4.69, 9.17) is 15.0 Å². The number of hydrogen-bond acceptors (Lipinski definition) is 3. The molecule has 4 nitrogen and oxygen atoms in total. The molecule has 1 spiro atoms. The van der Waals surface area contributed by atoms with Crippen LogP contribution in [0.1, 0.15) is 22.3 Å². The zero-order valence-corrected chi connectivity index (χ0v) is 33.6. The second-order valence-electron chi connectivity index (χ2n) is 16.3. The minimum Gasteiger partial charge on any atom is -0.278 e. The third-order valence-corrected chi connectivity index (χ3v) is 13.1. The molecule has 0 saturated carbocycles. The molecule has 288 valence electrons. The van der Waals surface area contributed by atoms with E-state index >= 15 is 0 Å². The van der Waals surface area contributed by atoms with Gasteiger partial charge in [0.1, 0.15) is 0 Å². The number of aromatic nitrogens is 4. The fourth-order valence-electron chi connectivity index (χ4n) is 10.5. The van der Waals surface area contributed by atoms with Crippen molar-refractivity contribution in [3.05, 3.63) is 241 Å². The zero-order chi connectivity index (χ0) is 40.8. The van der Waals surface area contributed by atoms with Gasteiger partial charge in [0.05, 0.1) is 16.4 Å². The van der Waals surface area contributed by atoms with Crippen LogP contribution in [0.2, 0.25) is 0 Å². The third kappa shape index (κ3) is 4.92. The van der Waals surface area contributed by atoms with Gasteiger partial charge in [-0.05, 0) is 91.0 Å². The maximum Gasteiger partial charge on any atom is 0.238 e. The Morgan fingerprint density at radius 2 is 0.790 bits per heavy atom. The summed E-state index contributed by atoms with van der Waals surface area (Å²) in [5.41, 5.74) is 18.4. The average molecular weight is 789 g/mol. The first-order chi connectivity index (χ1) is 30.8. The summed E-state index contributed by atoms with van der Waals surface area (Å²) in [5.74, 6) is 1.80. The minimum atomic E-state index is -0.447. The predicted octanol–water partition coefficient (Wildman–Crippen LogP) is 14.0. The highest BCUT2D eigenvalue weighted by Crippen LogP contribution is 2.64. The van der Waals surface area contributed by atoms with Gasteiger partial charge in [-0.15, -0.1) is 0 Å². The Kier molecular flexibility index (Phi) is 7.49. The van der Waals surface area contributed by atoms with E-state index in [2.05, 4.69) is 211 Å². The molecular weight excluding hydrogens is 753 g/mol. The van der Waals surface area contributed by atoms with Gasteiger partial charge in [-0.1, -0.05) is 194 Å². The Labute approximate surface area is 359 Å².